The highest BCUT2D eigenvalue weighted by atomic mass is 16.4. The Morgan fingerprint density at radius 1 is 1.50 bits per heavy atom. The predicted molar refractivity (Wildman–Crippen MR) is 63.6 cm³/mol. The van der Waals surface area contributed by atoms with Crippen LogP contribution in [0.5, 0.6) is 0 Å². The molecule has 0 fully saturated rings. The summed E-state index contributed by atoms with van der Waals surface area (Å²) in [6, 6.07) is 3.36. The molecule has 16 heavy (non-hydrogen) atoms. The van der Waals surface area contributed by atoms with Gasteiger partial charge in [0.15, 0.2) is 0 Å². The zero-order valence-corrected chi connectivity index (χ0v) is 9.10. The number of fused-ring (bicyclic) bond motifs is 1. The number of nitrogens with two attached hydrogens (primary N) is 2. The van der Waals surface area contributed by atoms with Gasteiger partial charge in [0.1, 0.15) is 0 Å². The van der Waals surface area contributed by atoms with Gasteiger partial charge in [-0.15, -0.1) is 0 Å². The smallest absolute Gasteiger partial charge is 0.412 e. The molecule has 1 amide bonds. The number of nitrogens with zero attached hydrogens (tertiary/aromatic N) is 1. The number of hydrogen-bond acceptors (Lipinski definition) is 3. The summed E-state index contributed by atoms with van der Waals surface area (Å²) in [5.74, 6) is 0. The van der Waals surface area contributed by atoms with Gasteiger partial charge in [-0.05, 0) is 31.9 Å². The van der Waals surface area contributed by atoms with Crippen molar-refractivity contribution in [3.8, 4) is 0 Å². The summed E-state index contributed by atoms with van der Waals surface area (Å²) in [6.45, 7) is 1.89. The quantitative estimate of drug-likeness (QED) is 0.581. The fourth-order valence-electron chi connectivity index (χ4n) is 2.17. The topological polar surface area (TPSA) is 92.6 Å². The van der Waals surface area contributed by atoms with E-state index in [2.05, 4.69) is 0 Å². The largest absolute Gasteiger partial charge is 0.465 e. The van der Waals surface area contributed by atoms with Crippen LogP contribution in [0.1, 0.15) is 18.9 Å². The zero-order valence-electron chi connectivity index (χ0n) is 9.10. The molecule has 86 valence electrons. The Morgan fingerprint density at radius 3 is 2.81 bits per heavy atom. The first-order valence-corrected chi connectivity index (χ1v) is 5.21. The third-order valence-corrected chi connectivity index (χ3v) is 3.08. The van der Waals surface area contributed by atoms with Gasteiger partial charge in [0.2, 0.25) is 0 Å². The summed E-state index contributed by atoms with van der Waals surface area (Å²) in [7, 11) is 0. The van der Waals surface area contributed by atoms with Gasteiger partial charge in [0.25, 0.3) is 0 Å². The van der Waals surface area contributed by atoms with Gasteiger partial charge in [-0.25, -0.2) is 4.79 Å². The lowest BCUT2D eigenvalue weighted by Gasteiger charge is -2.33. The third kappa shape index (κ3) is 1.44. The van der Waals surface area contributed by atoms with Crippen molar-refractivity contribution in [1.29, 1.82) is 0 Å². The van der Waals surface area contributed by atoms with E-state index in [1.807, 2.05) is 6.92 Å². The Bertz CT molecular complexity index is 445. The summed E-state index contributed by atoms with van der Waals surface area (Å²) in [5, 5.41) is 9.17. The van der Waals surface area contributed by atoms with Gasteiger partial charge in [-0.3, -0.25) is 4.90 Å². The maximum atomic E-state index is 11.2. The number of carboxylic acid groups (broad SMARTS) is 1. The number of benzene rings is 1. The predicted octanol–water partition coefficient (Wildman–Crippen LogP) is 1.67. The summed E-state index contributed by atoms with van der Waals surface area (Å²) in [5.41, 5.74) is 14.1. The standard InChI is InChI=1S/C11H15N3O2/c1-6-2-3-7-9(14(6)11(15)16)5-4-8(12)10(7)13/h4-6H,2-3,12-13H2,1H3,(H,15,16). The van der Waals surface area contributed by atoms with Crippen LogP contribution in [-0.4, -0.2) is 17.2 Å². The lowest BCUT2D eigenvalue weighted by molar-refractivity contribution is 0.198. The molecule has 5 heteroatoms. The van der Waals surface area contributed by atoms with Crippen LogP contribution in [0.3, 0.4) is 0 Å². The van der Waals surface area contributed by atoms with E-state index in [-0.39, 0.29) is 6.04 Å². The molecule has 1 heterocycles. The first-order chi connectivity index (χ1) is 7.52. The number of amides is 1. The first kappa shape index (κ1) is 10.6. The highest BCUT2D eigenvalue weighted by Crippen LogP contribution is 2.36. The molecule has 0 spiro atoms. The Labute approximate surface area is 93.6 Å². The van der Waals surface area contributed by atoms with Gasteiger partial charge in [0, 0.05) is 11.6 Å². The summed E-state index contributed by atoms with van der Waals surface area (Å²) in [4.78, 5) is 12.5. The van der Waals surface area contributed by atoms with Gasteiger partial charge < -0.3 is 16.6 Å². The number of anilines is 3. The van der Waals surface area contributed by atoms with Crippen molar-refractivity contribution < 1.29 is 9.90 Å². The second-order valence-electron chi connectivity index (χ2n) is 4.11. The molecule has 1 aromatic rings. The fourth-order valence-corrected chi connectivity index (χ4v) is 2.17. The second-order valence-corrected chi connectivity index (χ2v) is 4.11. The van der Waals surface area contributed by atoms with Crippen LogP contribution < -0.4 is 16.4 Å². The van der Waals surface area contributed by atoms with E-state index >= 15 is 0 Å². The molecule has 0 aliphatic carbocycles. The van der Waals surface area contributed by atoms with Crippen molar-refractivity contribution in [3.05, 3.63) is 17.7 Å². The molecule has 1 aliphatic heterocycles. The average Bonchev–Trinajstić information content (AvgIpc) is 2.22. The molecule has 1 aromatic carbocycles. The van der Waals surface area contributed by atoms with Crippen molar-refractivity contribution >= 4 is 23.2 Å². The van der Waals surface area contributed by atoms with Crippen molar-refractivity contribution in [3.63, 3.8) is 0 Å². The van der Waals surface area contributed by atoms with E-state index in [1.165, 1.54) is 4.90 Å². The molecule has 2 rings (SSSR count). The van der Waals surface area contributed by atoms with Crippen LogP contribution in [-0.2, 0) is 6.42 Å². The molecule has 1 atom stereocenters. The number of rotatable bonds is 0. The molecule has 0 saturated carbocycles. The first-order valence-electron chi connectivity index (χ1n) is 5.21. The lowest BCUT2D eigenvalue weighted by atomic mass is 9.95. The van der Waals surface area contributed by atoms with Gasteiger partial charge in [-0.2, -0.15) is 0 Å². The normalized spacial score (nSPS) is 19.3. The summed E-state index contributed by atoms with van der Waals surface area (Å²) >= 11 is 0. The van der Waals surface area contributed by atoms with Gasteiger partial charge in [-0.1, -0.05) is 0 Å². The summed E-state index contributed by atoms with van der Waals surface area (Å²) in [6.07, 6.45) is 0.599. The highest BCUT2D eigenvalue weighted by Gasteiger charge is 2.29. The average molecular weight is 221 g/mol. The molecular formula is C11H15N3O2. The minimum Gasteiger partial charge on any atom is -0.465 e. The SMILES string of the molecule is CC1CCc2c(ccc(N)c2N)N1C(=O)O. The molecule has 0 bridgehead atoms. The fraction of sp³-hybridized carbons (Fsp3) is 0.364. The molecule has 1 aliphatic rings. The molecule has 0 aromatic heterocycles. The molecule has 0 radical (unpaired) electrons. The van der Waals surface area contributed by atoms with Crippen molar-refractivity contribution in [2.24, 2.45) is 0 Å². The Morgan fingerprint density at radius 2 is 2.19 bits per heavy atom. The maximum absolute atomic E-state index is 11.2. The van der Waals surface area contributed by atoms with Crippen LogP contribution in [0.2, 0.25) is 0 Å². The lowest BCUT2D eigenvalue weighted by Crippen LogP contribution is -2.41. The Balaban J connectivity index is 2.57. The maximum Gasteiger partial charge on any atom is 0.412 e. The van der Waals surface area contributed by atoms with E-state index in [0.717, 1.165) is 18.4 Å². The van der Waals surface area contributed by atoms with Crippen LogP contribution >= 0.6 is 0 Å². The Hall–Kier alpha value is -1.91. The molecule has 5 nitrogen and oxygen atoms in total. The summed E-state index contributed by atoms with van der Waals surface area (Å²) < 4.78 is 0. The molecular weight excluding hydrogens is 206 g/mol. The monoisotopic (exact) mass is 221 g/mol. The van der Waals surface area contributed by atoms with E-state index < -0.39 is 6.09 Å². The minimum absolute atomic E-state index is 0.0203. The number of carbonyl (C=O) groups is 1. The van der Waals surface area contributed by atoms with Crippen LogP contribution in [0.4, 0.5) is 21.9 Å². The van der Waals surface area contributed by atoms with E-state index in [0.29, 0.717) is 17.1 Å². The van der Waals surface area contributed by atoms with Crippen molar-refractivity contribution in [1.82, 2.24) is 0 Å². The zero-order chi connectivity index (χ0) is 11.9. The van der Waals surface area contributed by atoms with Crippen molar-refractivity contribution in [2.45, 2.75) is 25.8 Å². The van der Waals surface area contributed by atoms with Crippen LogP contribution in [0.25, 0.3) is 0 Å². The molecule has 5 N–H and O–H groups in total. The van der Waals surface area contributed by atoms with Crippen molar-refractivity contribution in [2.75, 3.05) is 16.4 Å². The van der Waals surface area contributed by atoms with Gasteiger partial charge in [0.05, 0.1) is 17.1 Å². The highest BCUT2D eigenvalue weighted by molar-refractivity contribution is 5.91. The third-order valence-electron chi connectivity index (χ3n) is 3.08. The van der Waals surface area contributed by atoms with Gasteiger partial charge >= 0.3 is 6.09 Å². The number of nitrogen functional groups attached to an aromatic ring is 2. The van der Waals surface area contributed by atoms with E-state index in [9.17, 15) is 4.79 Å². The minimum atomic E-state index is -0.947. The van der Waals surface area contributed by atoms with E-state index in [4.69, 9.17) is 16.6 Å². The second kappa shape index (κ2) is 3.59. The molecule has 1 unspecified atom stereocenters. The van der Waals surface area contributed by atoms with Crippen LogP contribution in [0, 0.1) is 0 Å². The Kier molecular flexibility index (Phi) is 2.38. The number of hydrogen-bond donors (Lipinski definition) is 3. The molecule has 0 saturated heterocycles. The van der Waals surface area contributed by atoms with E-state index in [1.54, 1.807) is 12.1 Å². The van der Waals surface area contributed by atoms with Crippen LogP contribution in [0.15, 0.2) is 12.1 Å².